The molecule has 5 rings (SSSR count). The number of nitrogens with one attached hydrogen (secondary N) is 1. The number of ketones is 1. The van der Waals surface area contributed by atoms with E-state index in [9.17, 15) is 22.4 Å². The zero-order valence-electron chi connectivity index (χ0n) is 17.5. The topological polar surface area (TPSA) is 95.9 Å². The maximum atomic E-state index is 13.6. The number of hydrogen-bond donors (Lipinski definition) is 1. The van der Waals surface area contributed by atoms with E-state index in [-0.39, 0.29) is 23.0 Å². The van der Waals surface area contributed by atoms with E-state index in [1.165, 1.54) is 41.3 Å². The largest absolute Gasteiger partial charge is 0.341 e. The van der Waals surface area contributed by atoms with E-state index in [1.54, 1.807) is 36.4 Å². The van der Waals surface area contributed by atoms with Crippen molar-refractivity contribution in [1.82, 2.24) is 4.90 Å². The highest BCUT2D eigenvalue weighted by Crippen LogP contribution is 2.38. The van der Waals surface area contributed by atoms with Crippen LogP contribution in [0, 0.1) is 11.7 Å². The molecule has 3 aromatic carbocycles. The summed E-state index contributed by atoms with van der Waals surface area (Å²) in [6, 6.07) is 17.2. The van der Waals surface area contributed by atoms with E-state index in [2.05, 4.69) is 9.71 Å². The molecule has 0 radical (unpaired) electrons. The molecule has 1 amide bonds. The van der Waals surface area contributed by atoms with E-state index < -0.39 is 39.5 Å². The van der Waals surface area contributed by atoms with Crippen molar-refractivity contribution in [2.75, 3.05) is 5.32 Å². The second-order valence-corrected chi connectivity index (χ2v) is 9.90. The Hall–Kier alpha value is -3.56. The summed E-state index contributed by atoms with van der Waals surface area (Å²) >= 11 is 6.29. The number of amides is 1. The summed E-state index contributed by atoms with van der Waals surface area (Å²) in [5.74, 6) is -3.41. The Bertz CT molecular complexity index is 1460. The van der Waals surface area contributed by atoms with Gasteiger partial charge in [-0.3, -0.25) is 9.59 Å². The quantitative estimate of drug-likeness (QED) is 0.550. The van der Waals surface area contributed by atoms with Crippen LogP contribution in [0.5, 0.6) is 0 Å². The van der Waals surface area contributed by atoms with Crippen molar-refractivity contribution in [1.29, 1.82) is 0 Å². The molecule has 172 valence electrons. The molecule has 10 heteroatoms. The van der Waals surface area contributed by atoms with Gasteiger partial charge in [-0.2, -0.15) is 8.42 Å². The van der Waals surface area contributed by atoms with Crippen LogP contribution in [0.4, 0.5) is 10.1 Å². The molecular formula is C24H17ClFN3O4S. The van der Waals surface area contributed by atoms with Crippen LogP contribution in [0.15, 0.2) is 82.1 Å². The maximum absolute atomic E-state index is 13.6. The number of anilines is 1. The highest BCUT2D eigenvalue weighted by Gasteiger charge is 2.51. The molecule has 3 aromatic rings. The summed E-state index contributed by atoms with van der Waals surface area (Å²) in [7, 11) is -4.11. The number of amidine groups is 1. The number of Topliss-reactive ketones (excluding diaryl/α,β-unsaturated/α-hetero) is 1. The number of sulfonamides is 1. The first-order valence-electron chi connectivity index (χ1n) is 10.3. The van der Waals surface area contributed by atoms with Gasteiger partial charge >= 0.3 is 0 Å². The van der Waals surface area contributed by atoms with Gasteiger partial charge in [-0.25, -0.2) is 4.39 Å². The number of fused-ring (bicyclic) bond motifs is 1. The zero-order chi connectivity index (χ0) is 24.0. The van der Waals surface area contributed by atoms with E-state index in [0.717, 1.165) is 0 Å². The van der Waals surface area contributed by atoms with E-state index in [0.29, 0.717) is 16.1 Å². The standard InChI is InChI=1S/C24H17ClFN3O4S/c25-17-6-2-1-5-15(17)13-29-21(14-9-11-16(26)12-10-14)22(30)20(24(29)31)23-27-18-7-3-4-8-19(18)34(32,33)28-23/h1-12,20-21H,13H2,(H,27,28)/t20?,21-/m0/s1. The minimum atomic E-state index is -4.11. The van der Waals surface area contributed by atoms with Crippen LogP contribution in [-0.2, 0) is 26.2 Å². The fraction of sp³-hybridized carbons (Fsp3) is 0.125. The molecule has 2 aliphatic heterocycles. The number of carbonyl (C=O) groups excluding carboxylic acids is 2. The average Bonchev–Trinajstić information content (AvgIpc) is 3.05. The van der Waals surface area contributed by atoms with Crippen molar-refractivity contribution in [2.45, 2.75) is 17.5 Å². The Morgan fingerprint density at radius 2 is 1.65 bits per heavy atom. The molecule has 0 bridgehead atoms. The third kappa shape index (κ3) is 3.76. The van der Waals surface area contributed by atoms with Gasteiger partial charge in [0, 0.05) is 11.6 Å². The van der Waals surface area contributed by atoms with E-state index >= 15 is 0 Å². The normalized spacial score (nSPS) is 21.1. The van der Waals surface area contributed by atoms with Crippen LogP contribution in [0.3, 0.4) is 0 Å². The van der Waals surface area contributed by atoms with Gasteiger partial charge in [-0.15, -0.1) is 4.40 Å². The summed E-state index contributed by atoms with van der Waals surface area (Å²) in [5.41, 5.74) is 1.24. The summed E-state index contributed by atoms with van der Waals surface area (Å²) in [5, 5.41) is 3.26. The predicted octanol–water partition coefficient (Wildman–Crippen LogP) is 3.96. The first kappa shape index (κ1) is 22.2. The molecule has 2 aliphatic rings. The Morgan fingerprint density at radius 1 is 0.971 bits per heavy atom. The fourth-order valence-corrected chi connectivity index (χ4v) is 5.56. The van der Waals surface area contributed by atoms with Crippen LogP contribution in [0.25, 0.3) is 0 Å². The van der Waals surface area contributed by atoms with Crippen molar-refractivity contribution in [3.8, 4) is 0 Å². The lowest BCUT2D eigenvalue weighted by Crippen LogP contribution is -2.37. The maximum Gasteiger partial charge on any atom is 0.286 e. The van der Waals surface area contributed by atoms with Crippen molar-refractivity contribution < 1.29 is 22.4 Å². The lowest BCUT2D eigenvalue weighted by molar-refractivity contribution is -0.131. The smallest absolute Gasteiger partial charge is 0.286 e. The minimum Gasteiger partial charge on any atom is -0.341 e. The number of hydrogen-bond acceptors (Lipinski definition) is 5. The molecule has 1 unspecified atom stereocenters. The number of benzene rings is 3. The molecule has 2 atom stereocenters. The summed E-state index contributed by atoms with van der Waals surface area (Å²) < 4.78 is 42.8. The van der Waals surface area contributed by atoms with Crippen molar-refractivity contribution >= 4 is 44.8 Å². The monoisotopic (exact) mass is 497 g/mol. The van der Waals surface area contributed by atoms with E-state index in [1.807, 2.05) is 0 Å². The SMILES string of the molecule is O=C1C(C2=NS(=O)(=O)c3ccccc3N2)C(=O)N(Cc2ccccc2Cl)[C@H]1c1ccc(F)cc1. The van der Waals surface area contributed by atoms with Gasteiger partial charge < -0.3 is 10.2 Å². The van der Waals surface area contributed by atoms with Crippen LogP contribution >= 0.6 is 11.6 Å². The van der Waals surface area contributed by atoms with Gasteiger partial charge in [0.2, 0.25) is 5.91 Å². The number of carbonyl (C=O) groups is 2. The number of halogens is 2. The first-order chi connectivity index (χ1) is 16.3. The Labute approximate surface area is 199 Å². The molecule has 2 heterocycles. The third-order valence-electron chi connectivity index (χ3n) is 5.80. The lowest BCUT2D eigenvalue weighted by atomic mass is 9.96. The van der Waals surface area contributed by atoms with Crippen LogP contribution in [0.1, 0.15) is 17.2 Å². The molecule has 7 nitrogen and oxygen atoms in total. The average molecular weight is 498 g/mol. The molecule has 34 heavy (non-hydrogen) atoms. The van der Waals surface area contributed by atoms with Gasteiger partial charge in [-0.1, -0.05) is 54.1 Å². The highest BCUT2D eigenvalue weighted by atomic mass is 35.5. The van der Waals surface area contributed by atoms with Gasteiger partial charge in [0.25, 0.3) is 10.0 Å². The van der Waals surface area contributed by atoms with Gasteiger partial charge in [-0.05, 0) is 41.5 Å². The second-order valence-electron chi connectivity index (χ2n) is 7.92. The van der Waals surface area contributed by atoms with Crippen molar-refractivity contribution in [3.63, 3.8) is 0 Å². The first-order valence-corrected chi connectivity index (χ1v) is 12.1. The highest BCUT2D eigenvalue weighted by molar-refractivity contribution is 7.90. The van der Waals surface area contributed by atoms with Crippen LogP contribution < -0.4 is 5.32 Å². The fourth-order valence-electron chi connectivity index (χ4n) is 4.21. The molecule has 0 aromatic heterocycles. The van der Waals surface area contributed by atoms with Gasteiger partial charge in [0.05, 0.1) is 5.69 Å². The third-order valence-corrected chi connectivity index (χ3v) is 7.52. The second kappa shape index (κ2) is 8.34. The molecule has 0 spiro atoms. The number of para-hydroxylation sites is 1. The molecule has 1 N–H and O–H groups in total. The Morgan fingerprint density at radius 3 is 2.38 bits per heavy atom. The van der Waals surface area contributed by atoms with Crippen molar-refractivity contribution in [2.24, 2.45) is 10.3 Å². The van der Waals surface area contributed by atoms with Crippen LogP contribution in [-0.4, -0.2) is 30.8 Å². The molecule has 1 fully saturated rings. The molecular weight excluding hydrogens is 481 g/mol. The lowest BCUT2D eigenvalue weighted by Gasteiger charge is -2.24. The summed E-state index contributed by atoms with van der Waals surface area (Å²) in [6.07, 6.45) is 0. The Kier molecular flexibility index (Phi) is 5.45. The molecule has 1 saturated heterocycles. The predicted molar refractivity (Wildman–Crippen MR) is 124 cm³/mol. The molecule has 0 saturated carbocycles. The van der Waals surface area contributed by atoms with Gasteiger partial charge in [0.15, 0.2) is 11.7 Å². The number of rotatable bonds is 4. The molecule has 0 aliphatic carbocycles. The zero-order valence-corrected chi connectivity index (χ0v) is 19.1. The summed E-state index contributed by atoms with van der Waals surface area (Å²) in [4.78, 5) is 28.5. The number of nitrogens with zero attached hydrogens (tertiary/aromatic N) is 2. The van der Waals surface area contributed by atoms with Crippen LogP contribution in [0.2, 0.25) is 5.02 Å². The van der Waals surface area contributed by atoms with E-state index in [4.69, 9.17) is 11.6 Å². The minimum absolute atomic E-state index is 0.000589. The van der Waals surface area contributed by atoms with Gasteiger partial charge in [0.1, 0.15) is 22.6 Å². The van der Waals surface area contributed by atoms with Crippen molar-refractivity contribution in [3.05, 3.63) is 94.8 Å². The number of likely N-dealkylation sites (tertiary alicyclic amines) is 1. The Balaban J connectivity index is 1.59. The summed E-state index contributed by atoms with van der Waals surface area (Å²) in [6.45, 7) is -0.000589.